The van der Waals surface area contributed by atoms with Crippen molar-refractivity contribution in [3.05, 3.63) is 35.4 Å². The molecule has 0 saturated heterocycles. The second-order valence-electron chi connectivity index (χ2n) is 2.10. The highest BCUT2D eigenvalue weighted by Gasteiger charge is 1.97. The highest BCUT2D eigenvalue weighted by atomic mass is 35.5. The molecule has 0 heterocycles. The van der Waals surface area contributed by atoms with Gasteiger partial charge in [-0.2, -0.15) is 0 Å². The molecule has 0 amide bonds. The van der Waals surface area contributed by atoms with Crippen LogP contribution in [0.25, 0.3) is 0 Å². The average molecular weight is 172 g/mol. The van der Waals surface area contributed by atoms with E-state index in [9.17, 15) is 0 Å². The van der Waals surface area contributed by atoms with E-state index in [0.29, 0.717) is 6.54 Å². The van der Waals surface area contributed by atoms with Crippen LogP contribution >= 0.6 is 11.6 Å². The summed E-state index contributed by atoms with van der Waals surface area (Å²) in [7, 11) is 0. The smallest absolute Gasteiger partial charge is 0.0434 e. The van der Waals surface area contributed by atoms with Crippen LogP contribution in [-0.4, -0.2) is 6.54 Å². The molecule has 2 heteroatoms. The first kappa shape index (κ1) is 10.5. The van der Waals surface area contributed by atoms with Crippen molar-refractivity contribution in [1.82, 2.24) is 0 Å². The number of allylic oxidation sites excluding steroid dienone is 4. The van der Waals surface area contributed by atoms with Crippen molar-refractivity contribution in [3.8, 4) is 0 Å². The second-order valence-corrected chi connectivity index (χ2v) is 2.51. The molecule has 0 radical (unpaired) electrons. The Bertz CT molecular complexity index is 180. The fourth-order valence-corrected chi connectivity index (χ4v) is 1.06. The lowest BCUT2D eigenvalue weighted by molar-refractivity contribution is 0.967. The Balaban J connectivity index is 4.26. The molecule has 0 aromatic carbocycles. The van der Waals surface area contributed by atoms with Crippen molar-refractivity contribution in [2.45, 2.75) is 13.3 Å². The number of nitrogens with two attached hydrogens (primary N) is 1. The van der Waals surface area contributed by atoms with Gasteiger partial charge < -0.3 is 5.73 Å². The molecule has 11 heavy (non-hydrogen) atoms. The second kappa shape index (κ2) is 6.20. The quantitative estimate of drug-likeness (QED) is 0.647. The van der Waals surface area contributed by atoms with Crippen LogP contribution in [0.3, 0.4) is 0 Å². The van der Waals surface area contributed by atoms with Gasteiger partial charge in [0.15, 0.2) is 0 Å². The molecule has 0 aromatic heterocycles. The maximum atomic E-state index is 5.89. The highest BCUT2D eigenvalue weighted by molar-refractivity contribution is 6.32. The minimum absolute atomic E-state index is 0.626. The van der Waals surface area contributed by atoms with Gasteiger partial charge >= 0.3 is 0 Å². The van der Waals surface area contributed by atoms with Gasteiger partial charge in [-0.1, -0.05) is 30.3 Å². The Labute approximate surface area is 73.2 Å². The number of hydrogen-bond donors (Lipinski definition) is 1. The first-order valence-electron chi connectivity index (χ1n) is 3.60. The molecular weight excluding hydrogens is 158 g/mol. The van der Waals surface area contributed by atoms with Gasteiger partial charge in [-0.25, -0.2) is 0 Å². The van der Waals surface area contributed by atoms with Crippen LogP contribution < -0.4 is 5.73 Å². The predicted octanol–water partition coefficient (Wildman–Crippen LogP) is 2.59. The molecule has 0 aliphatic carbocycles. The lowest BCUT2D eigenvalue weighted by Gasteiger charge is -2.01. The summed E-state index contributed by atoms with van der Waals surface area (Å²) in [5.41, 5.74) is 6.46. The molecule has 0 aromatic rings. The Hall–Kier alpha value is -0.530. The number of halogens is 1. The topological polar surface area (TPSA) is 26.0 Å². The van der Waals surface area contributed by atoms with Gasteiger partial charge in [-0.15, -0.1) is 0 Å². The third-order valence-corrected chi connectivity index (χ3v) is 1.70. The highest BCUT2D eigenvalue weighted by Crippen LogP contribution is 2.17. The van der Waals surface area contributed by atoms with Crippen LogP contribution in [0, 0.1) is 0 Å². The van der Waals surface area contributed by atoms with Crippen LogP contribution in [0.4, 0.5) is 0 Å². The predicted molar refractivity (Wildman–Crippen MR) is 51.6 cm³/mol. The van der Waals surface area contributed by atoms with Gasteiger partial charge in [-0.3, -0.25) is 0 Å². The third-order valence-electron chi connectivity index (χ3n) is 1.33. The van der Waals surface area contributed by atoms with Crippen LogP contribution in [0.1, 0.15) is 13.3 Å². The van der Waals surface area contributed by atoms with Crippen molar-refractivity contribution in [3.63, 3.8) is 0 Å². The summed E-state index contributed by atoms with van der Waals surface area (Å²) >= 11 is 5.89. The Morgan fingerprint density at radius 2 is 2.27 bits per heavy atom. The monoisotopic (exact) mass is 171 g/mol. The van der Waals surface area contributed by atoms with Crippen LogP contribution in [0.15, 0.2) is 35.4 Å². The van der Waals surface area contributed by atoms with Crippen molar-refractivity contribution in [2.75, 3.05) is 6.54 Å². The van der Waals surface area contributed by atoms with Crippen LogP contribution in [-0.2, 0) is 0 Å². The SMILES string of the molecule is C=C/C=C(Cl)\C(=C/C)CCN. The van der Waals surface area contributed by atoms with Crippen molar-refractivity contribution in [2.24, 2.45) is 5.73 Å². The van der Waals surface area contributed by atoms with E-state index in [1.54, 1.807) is 12.2 Å². The summed E-state index contributed by atoms with van der Waals surface area (Å²) in [4.78, 5) is 0. The molecule has 1 nitrogen and oxygen atoms in total. The van der Waals surface area contributed by atoms with Gasteiger partial charge in [-0.05, 0) is 31.5 Å². The first-order valence-corrected chi connectivity index (χ1v) is 3.98. The molecule has 0 fully saturated rings. The summed E-state index contributed by atoms with van der Waals surface area (Å²) in [6, 6.07) is 0. The van der Waals surface area contributed by atoms with Gasteiger partial charge in [0.1, 0.15) is 0 Å². The molecule has 0 aliphatic heterocycles. The van der Waals surface area contributed by atoms with Crippen molar-refractivity contribution in [1.29, 1.82) is 0 Å². The minimum Gasteiger partial charge on any atom is -0.330 e. The minimum atomic E-state index is 0.626. The van der Waals surface area contributed by atoms with Gasteiger partial charge in [0.05, 0.1) is 0 Å². The Morgan fingerprint density at radius 1 is 1.64 bits per heavy atom. The molecule has 0 aliphatic rings. The third kappa shape index (κ3) is 4.02. The van der Waals surface area contributed by atoms with E-state index < -0.39 is 0 Å². The largest absolute Gasteiger partial charge is 0.330 e. The van der Waals surface area contributed by atoms with E-state index in [4.69, 9.17) is 17.3 Å². The maximum absolute atomic E-state index is 5.89. The van der Waals surface area contributed by atoms with Crippen molar-refractivity contribution < 1.29 is 0 Å². The molecule has 0 saturated carbocycles. The standard InChI is InChI=1S/C9H14ClN/c1-3-5-9(10)8(4-2)6-7-11/h3-5H,1,6-7,11H2,2H3/b8-4-,9-5+. The molecule has 0 atom stereocenters. The molecule has 62 valence electrons. The zero-order chi connectivity index (χ0) is 8.69. The molecule has 0 spiro atoms. The molecule has 0 bridgehead atoms. The summed E-state index contributed by atoms with van der Waals surface area (Å²) < 4.78 is 0. The van der Waals surface area contributed by atoms with Crippen molar-refractivity contribution >= 4 is 11.6 Å². The zero-order valence-electron chi connectivity index (χ0n) is 6.81. The van der Waals surface area contributed by atoms with Crippen LogP contribution in [0.5, 0.6) is 0 Å². The van der Waals surface area contributed by atoms with E-state index in [1.165, 1.54) is 0 Å². The van der Waals surface area contributed by atoms with E-state index in [2.05, 4.69) is 6.58 Å². The average Bonchev–Trinajstić information content (AvgIpc) is 2.00. The van der Waals surface area contributed by atoms with Gasteiger partial charge in [0.25, 0.3) is 0 Å². The summed E-state index contributed by atoms with van der Waals surface area (Å²) in [5, 5.41) is 0.730. The normalized spacial score (nSPS) is 13.4. The molecule has 0 rings (SSSR count). The van der Waals surface area contributed by atoms with E-state index in [1.807, 2.05) is 13.0 Å². The van der Waals surface area contributed by atoms with Gasteiger partial charge in [0.2, 0.25) is 0 Å². The molecule has 2 N–H and O–H groups in total. The molecule has 0 unspecified atom stereocenters. The first-order chi connectivity index (χ1) is 5.26. The lowest BCUT2D eigenvalue weighted by atomic mass is 10.1. The summed E-state index contributed by atoms with van der Waals surface area (Å²) in [6.45, 7) is 6.13. The fraction of sp³-hybridized carbons (Fsp3) is 0.333. The number of rotatable bonds is 4. The van der Waals surface area contributed by atoms with Crippen LogP contribution in [0.2, 0.25) is 0 Å². The lowest BCUT2D eigenvalue weighted by Crippen LogP contribution is -2.00. The summed E-state index contributed by atoms with van der Waals surface area (Å²) in [5.74, 6) is 0. The van der Waals surface area contributed by atoms with E-state index >= 15 is 0 Å². The van der Waals surface area contributed by atoms with Gasteiger partial charge in [0, 0.05) is 5.03 Å². The summed E-state index contributed by atoms with van der Waals surface area (Å²) in [6.07, 6.45) is 6.23. The Morgan fingerprint density at radius 3 is 2.64 bits per heavy atom. The maximum Gasteiger partial charge on any atom is 0.0434 e. The molecular formula is C9H14ClN. The fourth-order valence-electron chi connectivity index (χ4n) is 0.768. The number of hydrogen-bond acceptors (Lipinski definition) is 1. The zero-order valence-corrected chi connectivity index (χ0v) is 7.56. The van der Waals surface area contributed by atoms with E-state index in [0.717, 1.165) is 17.0 Å². The Kier molecular flexibility index (Phi) is 5.90. The van der Waals surface area contributed by atoms with E-state index in [-0.39, 0.29) is 0 Å².